The summed E-state index contributed by atoms with van der Waals surface area (Å²) >= 11 is 0. The van der Waals surface area contributed by atoms with E-state index in [1.807, 2.05) is 0 Å². The van der Waals surface area contributed by atoms with Gasteiger partial charge in [0.15, 0.2) is 5.78 Å². The van der Waals surface area contributed by atoms with E-state index in [1.165, 1.54) is 12.2 Å². The van der Waals surface area contributed by atoms with E-state index in [1.54, 1.807) is 26.0 Å². The second-order valence-corrected chi connectivity index (χ2v) is 4.70. The monoisotopic (exact) mass is 252 g/mol. The van der Waals surface area contributed by atoms with E-state index in [-0.39, 0.29) is 0 Å². The summed E-state index contributed by atoms with van der Waals surface area (Å²) in [5.74, 6) is -1.86. The highest BCUT2D eigenvalue weighted by Gasteiger charge is 2.65. The van der Waals surface area contributed by atoms with Gasteiger partial charge in [-0.3, -0.25) is 9.59 Å². The molecule has 0 amide bonds. The van der Waals surface area contributed by atoms with Crippen LogP contribution in [-0.2, 0) is 14.3 Å². The van der Waals surface area contributed by atoms with Crippen LogP contribution in [0.2, 0.25) is 0 Å². The Morgan fingerprint density at radius 2 is 2.06 bits per heavy atom. The molecule has 2 N–H and O–H groups in total. The van der Waals surface area contributed by atoms with Crippen molar-refractivity contribution in [3.63, 3.8) is 0 Å². The Kier molecular flexibility index (Phi) is 3.12. The van der Waals surface area contributed by atoms with Crippen LogP contribution in [0, 0.1) is 11.3 Å². The predicted molar refractivity (Wildman–Crippen MR) is 62.5 cm³/mol. The van der Waals surface area contributed by atoms with Gasteiger partial charge in [-0.05, 0) is 19.9 Å². The number of ketones is 1. The molecule has 1 aliphatic heterocycles. The van der Waals surface area contributed by atoms with Gasteiger partial charge >= 0.3 is 5.97 Å². The number of allylic oxidation sites excluding steroid dienone is 3. The molecule has 1 aliphatic carbocycles. The lowest BCUT2D eigenvalue weighted by Gasteiger charge is -2.38. The first-order valence-electron chi connectivity index (χ1n) is 5.88. The van der Waals surface area contributed by atoms with Gasteiger partial charge in [-0.15, -0.1) is 0 Å². The number of aliphatic hydroxyl groups excluding tert-OH is 2. The number of carbonyl (C=O) groups excluding carboxylic acids is 2. The maximum atomic E-state index is 12.1. The van der Waals surface area contributed by atoms with E-state index in [4.69, 9.17) is 4.74 Å². The van der Waals surface area contributed by atoms with Crippen LogP contribution in [0.5, 0.6) is 0 Å². The maximum absolute atomic E-state index is 12.1. The molecular weight excluding hydrogens is 236 g/mol. The summed E-state index contributed by atoms with van der Waals surface area (Å²) in [6.07, 6.45) is 2.63. The van der Waals surface area contributed by atoms with Gasteiger partial charge in [0.05, 0.1) is 0 Å². The van der Waals surface area contributed by atoms with Crippen molar-refractivity contribution < 1.29 is 24.5 Å². The van der Waals surface area contributed by atoms with Crippen molar-refractivity contribution in [2.75, 3.05) is 0 Å². The zero-order chi connectivity index (χ0) is 13.5. The number of esters is 1. The molecular formula is C13H16O5. The lowest BCUT2D eigenvalue weighted by Crippen LogP contribution is -2.57. The average molecular weight is 252 g/mol. The maximum Gasteiger partial charge on any atom is 0.319 e. The second kappa shape index (κ2) is 4.33. The summed E-state index contributed by atoms with van der Waals surface area (Å²) < 4.78 is 4.99. The Morgan fingerprint density at radius 3 is 2.56 bits per heavy atom. The van der Waals surface area contributed by atoms with Crippen LogP contribution in [0.1, 0.15) is 13.8 Å². The number of hydrogen-bond donors (Lipinski definition) is 2. The molecule has 0 aromatic heterocycles. The molecule has 1 fully saturated rings. The Bertz CT molecular complexity index is 439. The first-order chi connectivity index (χ1) is 8.46. The summed E-state index contributed by atoms with van der Waals surface area (Å²) in [7, 11) is 0. The Balaban J connectivity index is 2.58. The largest absolute Gasteiger partial charge is 0.459 e. The SMILES string of the molecule is CC=CC1C=CC(=O)C(O)C12C(=O)OC(C)C2O. The van der Waals surface area contributed by atoms with E-state index < -0.39 is 41.4 Å². The summed E-state index contributed by atoms with van der Waals surface area (Å²) in [5.41, 5.74) is -1.61. The fourth-order valence-corrected chi connectivity index (χ4v) is 2.75. The van der Waals surface area contributed by atoms with Crippen LogP contribution in [0.3, 0.4) is 0 Å². The zero-order valence-corrected chi connectivity index (χ0v) is 10.2. The van der Waals surface area contributed by atoms with Crippen LogP contribution >= 0.6 is 0 Å². The van der Waals surface area contributed by atoms with Crippen molar-refractivity contribution in [2.24, 2.45) is 11.3 Å². The second-order valence-electron chi connectivity index (χ2n) is 4.70. The highest BCUT2D eigenvalue weighted by atomic mass is 16.6. The molecule has 1 saturated heterocycles. The third kappa shape index (κ3) is 1.47. The fourth-order valence-electron chi connectivity index (χ4n) is 2.75. The summed E-state index contributed by atoms with van der Waals surface area (Å²) in [4.78, 5) is 23.7. The standard InChI is InChI=1S/C13H16O5/c1-3-4-8-5-6-9(14)11(16)13(8)10(15)7(2)18-12(13)17/h3-8,10-11,15-16H,1-2H3. The Hall–Kier alpha value is -1.46. The molecule has 2 rings (SSSR count). The van der Waals surface area contributed by atoms with Gasteiger partial charge in [0.1, 0.15) is 23.7 Å². The Labute approximate surface area is 105 Å². The number of ether oxygens (including phenoxy) is 1. The van der Waals surface area contributed by atoms with Gasteiger partial charge < -0.3 is 14.9 Å². The highest BCUT2D eigenvalue weighted by Crippen LogP contribution is 2.47. The van der Waals surface area contributed by atoms with Crippen LogP contribution in [0.4, 0.5) is 0 Å². The fraction of sp³-hybridized carbons (Fsp3) is 0.538. The van der Waals surface area contributed by atoms with Gasteiger partial charge in [0.2, 0.25) is 0 Å². The minimum atomic E-state index is -1.61. The molecule has 5 unspecified atom stereocenters. The van der Waals surface area contributed by atoms with Crippen molar-refractivity contribution in [1.82, 2.24) is 0 Å². The molecule has 1 spiro atoms. The van der Waals surface area contributed by atoms with Crippen LogP contribution in [0.25, 0.3) is 0 Å². The zero-order valence-electron chi connectivity index (χ0n) is 10.2. The van der Waals surface area contributed by atoms with Crippen LogP contribution < -0.4 is 0 Å². The predicted octanol–water partition coefficient (Wildman–Crippen LogP) is -0.0289. The molecule has 5 nitrogen and oxygen atoms in total. The van der Waals surface area contributed by atoms with E-state index in [2.05, 4.69) is 0 Å². The average Bonchev–Trinajstić information content (AvgIpc) is 2.54. The van der Waals surface area contributed by atoms with Gasteiger partial charge in [0.25, 0.3) is 0 Å². The molecule has 2 aliphatic rings. The minimum absolute atomic E-state index is 0.553. The quantitative estimate of drug-likeness (QED) is 0.506. The van der Waals surface area contributed by atoms with Crippen molar-refractivity contribution in [3.8, 4) is 0 Å². The molecule has 5 heteroatoms. The van der Waals surface area contributed by atoms with Crippen LogP contribution in [0.15, 0.2) is 24.3 Å². The summed E-state index contributed by atoms with van der Waals surface area (Å²) in [6.45, 7) is 3.31. The minimum Gasteiger partial charge on any atom is -0.459 e. The molecule has 0 aromatic carbocycles. The third-order valence-electron chi connectivity index (χ3n) is 3.72. The highest BCUT2D eigenvalue weighted by molar-refractivity contribution is 6.01. The molecule has 0 bridgehead atoms. The Morgan fingerprint density at radius 1 is 1.39 bits per heavy atom. The van der Waals surface area contributed by atoms with Crippen LogP contribution in [-0.4, -0.2) is 40.3 Å². The van der Waals surface area contributed by atoms with Gasteiger partial charge in [0, 0.05) is 5.92 Å². The molecule has 0 radical (unpaired) electrons. The van der Waals surface area contributed by atoms with E-state index in [9.17, 15) is 19.8 Å². The van der Waals surface area contributed by atoms with E-state index in [0.717, 1.165) is 0 Å². The topological polar surface area (TPSA) is 83.8 Å². The van der Waals surface area contributed by atoms with Gasteiger partial charge in [-0.1, -0.05) is 18.2 Å². The molecule has 0 aromatic rings. The van der Waals surface area contributed by atoms with E-state index in [0.29, 0.717) is 0 Å². The lowest BCUT2D eigenvalue weighted by molar-refractivity contribution is -0.162. The van der Waals surface area contributed by atoms with E-state index >= 15 is 0 Å². The molecule has 1 heterocycles. The first kappa shape index (κ1) is 13.0. The lowest BCUT2D eigenvalue weighted by atomic mass is 9.63. The molecule has 98 valence electrons. The van der Waals surface area contributed by atoms with Crippen molar-refractivity contribution in [1.29, 1.82) is 0 Å². The van der Waals surface area contributed by atoms with Gasteiger partial charge in [-0.25, -0.2) is 0 Å². The third-order valence-corrected chi connectivity index (χ3v) is 3.72. The number of hydrogen-bond acceptors (Lipinski definition) is 5. The number of cyclic esters (lactones) is 1. The summed E-state index contributed by atoms with van der Waals surface area (Å²) in [6, 6.07) is 0. The number of rotatable bonds is 1. The number of aliphatic hydroxyl groups is 2. The smallest absolute Gasteiger partial charge is 0.319 e. The molecule has 0 saturated carbocycles. The first-order valence-corrected chi connectivity index (χ1v) is 5.88. The summed E-state index contributed by atoms with van der Waals surface area (Å²) in [5, 5.41) is 20.3. The van der Waals surface area contributed by atoms with Crippen molar-refractivity contribution >= 4 is 11.8 Å². The molecule has 18 heavy (non-hydrogen) atoms. The normalized spacial score (nSPS) is 44.0. The van der Waals surface area contributed by atoms with Gasteiger partial charge in [-0.2, -0.15) is 0 Å². The number of carbonyl (C=O) groups is 2. The molecule has 5 atom stereocenters. The van der Waals surface area contributed by atoms with Crippen molar-refractivity contribution in [2.45, 2.75) is 32.2 Å². The van der Waals surface area contributed by atoms with Crippen molar-refractivity contribution in [3.05, 3.63) is 24.3 Å².